The van der Waals surface area contributed by atoms with Gasteiger partial charge in [-0.3, -0.25) is 0 Å². The van der Waals surface area contributed by atoms with Gasteiger partial charge in [-0.2, -0.15) is 0 Å². The van der Waals surface area contributed by atoms with Crippen molar-refractivity contribution in [2.24, 2.45) is 0 Å². The van der Waals surface area contributed by atoms with Crippen LogP contribution in [0.25, 0.3) is 10.9 Å². The van der Waals surface area contributed by atoms with Crippen LogP contribution in [0, 0.1) is 5.82 Å². The molecule has 1 fully saturated rings. The van der Waals surface area contributed by atoms with Crippen molar-refractivity contribution >= 4 is 10.9 Å². The lowest BCUT2D eigenvalue weighted by molar-refractivity contribution is 0.334. The highest BCUT2D eigenvalue weighted by Crippen LogP contribution is 2.26. The Morgan fingerprint density at radius 1 is 1.32 bits per heavy atom. The first-order valence-electron chi connectivity index (χ1n) is 7.18. The Morgan fingerprint density at radius 2 is 2.11 bits per heavy atom. The largest absolute Gasteiger partial charge is 0.341 e. The Kier molecular flexibility index (Phi) is 3.31. The number of rotatable bonds is 4. The zero-order valence-electron chi connectivity index (χ0n) is 11.6. The lowest BCUT2D eigenvalue weighted by Crippen LogP contribution is -2.35. The highest BCUT2D eigenvalue weighted by Gasteiger charge is 2.18. The maximum Gasteiger partial charge on any atom is 0.123 e. The van der Waals surface area contributed by atoms with Crippen molar-refractivity contribution in [2.75, 3.05) is 0 Å². The summed E-state index contributed by atoms with van der Waals surface area (Å²) in [6, 6.07) is 8.24. The quantitative estimate of drug-likeness (QED) is 0.879. The molecule has 1 aromatic carbocycles. The van der Waals surface area contributed by atoms with Crippen LogP contribution in [0.2, 0.25) is 0 Å². The van der Waals surface area contributed by atoms with Crippen molar-refractivity contribution < 1.29 is 4.39 Å². The SMILES string of the molecule is CC(C)n1c(CNC2CCC2)cc2cc(F)ccc21. The van der Waals surface area contributed by atoms with Crippen LogP contribution in [0.3, 0.4) is 0 Å². The summed E-state index contributed by atoms with van der Waals surface area (Å²) in [6.07, 6.45) is 3.92. The van der Waals surface area contributed by atoms with Crippen LogP contribution < -0.4 is 5.32 Å². The van der Waals surface area contributed by atoms with Gasteiger partial charge < -0.3 is 9.88 Å². The van der Waals surface area contributed by atoms with E-state index in [-0.39, 0.29) is 5.82 Å². The predicted octanol–water partition coefficient (Wildman–Crippen LogP) is 4.00. The molecule has 1 aliphatic rings. The van der Waals surface area contributed by atoms with E-state index in [0.29, 0.717) is 12.1 Å². The monoisotopic (exact) mass is 260 g/mol. The molecule has 0 amide bonds. The van der Waals surface area contributed by atoms with E-state index in [4.69, 9.17) is 0 Å². The van der Waals surface area contributed by atoms with E-state index in [0.717, 1.165) is 17.4 Å². The Hall–Kier alpha value is -1.35. The number of hydrogen-bond acceptors (Lipinski definition) is 1. The van der Waals surface area contributed by atoms with E-state index in [1.54, 1.807) is 12.1 Å². The molecule has 0 aliphatic heterocycles. The van der Waals surface area contributed by atoms with E-state index in [2.05, 4.69) is 29.8 Å². The summed E-state index contributed by atoms with van der Waals surface area (Å²) in [4.78, 5) is 0. The second-order valence-electron chi connectivity index (χ2n) is 5.81. The Labute approximate surface area is 113 Å². The predicted molar refractivity (Wildman–Crippen MR) is 76.8 cm³/mol. The third kappa shape index (κ3) is 2.39. The fourth-order valence-corrected chi connectivity index (χ4v) is 2.87. The number of halogens is 1. The Balaban J connectivity index is 1.94. The molecule has 1 heterocycles. The van der Waals surface area contributed by atoms with Gasteiger partial charge in [-0.1, -0.05) is 6.42 Å². The van der Waals surface area contributed by atoms with E-state index in [1.165, 1.54) is 25.0 Å². The number of nitrogens with zero attached hydrogens (tertiary/aromatic N) is 1. The maximum absolute atomic E-state index is 13.3. The molecule has 1 aromatic heterocycles. The zero-order chi connectivity index (χ0) is 13.4. The van der Waals surface area contributed by atoms with Gasteiger partial charge in [0.2, 0.25) is 0 Å². The topological polar surface area (TPSA) is 17.0 Å². The summed E-state index contributed by atoms with van der Waals surface area (Å²) in [7, 11) is 0. The molecule has 0 spiro atoms. The average Bonchev–Trinajstić information content (AvgIpc) is 2.64. The van der Waals surface area contributed by atoms with Crippen molar-refractivity contribution in [1.82, 2.24) is 9.88 Å². The van der Waals surface area contributed by atoms with Crippen LogP contribution in [-0.2, 0) is 6.54 Å². The fourth-order valence-electron chi connectivity index (χ4n) is 2.87. The minimum absolute atomic E-state index is 0.160. The van der Waals surface area contributed by atoms with Gasteiger partial charge in [0.15, 0.2) is 0 Å². The Bertz CT molecular complexity index is 582. The normalized spacial score (nSPS) is 16.2. The van der Waals surface area contributed by atoms with Gasteiger partial charge in [-0.05, 0) is 51.0 Å². The third-order valence-corrected chi connectivity index (χ3v) is 4.07. The summed E-state index contributed by atoms with van der Waals surface area (Å²) in [5, 5.41) is 4.59. The van der Waals surface area contributed by atoms with Crippen molar-refractivity contribution in [2.45, 2.75) is 51.7 Å². The van der Waals surface area contributed by atoms with Crippen LogP contribution >= 0.6 is 0 Å². The summed E-state index contributed by atoms with van der Waals surface area (Å²) in [5.41, 5.74) is 2.38. The maximum atomic E-state index is 13.3. The molecule has 0 unspecified atom stereocenters. The minimum atomic E-state index is -0.160. The van der Waals surface area contributed by atoms with Gasteiger partial charge >= 0.3 is 0 Å². The molecule has 2 aromatic rings. The molecule has 3 rings (SSSR count). The van der Waals surface area contributed by atoms with E-state index >= 15 is 0 Å². The average molecular weight is 260 g/mol. The molecule has 0 atom stereocenters. The highest BCUT2D eigenvalue weighted by atomic mass is 19.1. The molecular weight excluding hydrogens is 239 g/mol. The van der Waals surface area contributed by atoms with Gasteiger partial charge in [0.25, 0.3) is 0 Å². The smallest absolute Gasteiger partial charge is 0.123 e. The summed E-state index contributed by atoms with van der Waals surface area (Å²) < 4.78 is 15.6. The van der Waals surface area contributed by atoms with Crippen LogP contribution in [-0.4, -0.2) is 10.6 Å². The van der Waals surface area contributed by atoms with Crippen molar-refractivity contribution in [1.29, 1.82) is 0 Å². The molecule has 3 heteroatoms. The molecule has 2 nitrogen and oxygen atoms in total. The van der Waals surface area contributed by atoms with E-state index in [9.17, 15) is 4.39 Å². The third-order valence-electron chi connectivity index (χ3n) is 4.07. The first-order chi connectivity index (χ1) is 9.15. The zero-order valence-corrected chi connectivity index (χ0v) is 11.6. The number of benzene rings is 1. The van der Waals surface area contributed by atoms with Gasteiger partial charge in [0.05, 0.1) is 0 Å². The lowest BCUT2D eigenvalue weighted by atomic mass is 9.93. The Morgan fingerprint density at radius 3 is 2.74 bits per heavy atom. The van der Waals surface area contributed by atoms with Crippen LogP contribution in [0.4, 0.5) is 4.39 Å². The number of aromatic nitrogens is 1. The summed E-state index contributed by atoms with van der Waals surface area (Å²) in [6.45, 7) is 5.23. The number of hydrogen-bond donors (Lipinski definition) is 1. The highest BCUT2D eigenvalue weighted by molar-refractivity contribution is 5.81. The molecule has 102 valence electrons. The molecule has 1 N–H and O–H groups in total. The second kappa shape index (κ2) is 4.97. The van der Waals surface area contributed by atoms with E-state index in [1.807, 2.05) is 6.07 Å². The van der Waals surface area contributed by atoms with Crippen molar-refractivity contribution in [3.8, 4) is 0 Å². The van der Waals surface area contributed by atoms with Crippen molar-refractivity contribution in [3.63, 3.8) is 0 Å². The van der Waals surface area contributed by atoms with Crippen molar-refractivity contribution in [3.05, 3.63) is 35.8 Å². The summed E-state index contributed by atoms with van der Waals surface area (Å²) >= 11 is 0. The van der Waals surface area contributed by atoms with Gasteiger partial charge in [0.1, 0.15) is 5.82 Å². The summed E-state index contributed by atoms with van der Waals surface area (Å²) in [5.74, 6) is -0.160. The fraction of sp³-hybridized carbons (Fsp3) is 0.500. The first-order valence-corrected chi connectivity index (χ1v) is 7.18. The molecule has 0 bridgehead atoms. The second-order valence-corrected chi connectivity index (χ2v) is 5.81. The first kappa shape index (κ1) is 12.7. The number of fused-ring (bicyclic) bond motifs is 1. The molecular formula is C16H21FN2. The molecule has 0 saturated heterocycles. The van der Waals surface area contributed by atoms with Crippen LogP contribution in [0.15, 0.2) is 24.3 Å². The van der Waals surface area contributed by atoms with E-state index < -0.39 is 0 Å². The van der Waals surface area contributed by atoms with Crippen LogP contribution in [0.5, 0.6) is 0 Å². The minimum Gasteiger partial charge on any atom is -0.341 e. The standard InChI is InChI=1S/C16H21FN2/c1-11(2)19-15(10-18-14-4-3-5-14)9-12-8-13(17)6-7-16(12)19/h6-9,11,14,18H,3-5,10H2,1-2H3. The van der Waals surface area contributed by atoms with Gasteiger partial charge in [0, 0.05) is 35.2 Å². The lowest BCUT2D eigenvalue weighted by Gasteiger charge is -2.27. The molecule has 1 saturated carbocycles. The van der Waals surface area contributed by atoms with Crippen LogP contribution in [0.1, 0.15) is 44.8 Å². The number of nitrogens with one attached hydrogen (secondary N) is 1. The molecule has 1 aliphatic carbocycles. The molecule has 19 heavy (non-hydrogen) atoms. The molecule has 0 radical (unpaired) electrons. The van der Waals surface area contributed by atoms with Gasteiger partial charge in [-0.15, -0.1) is 0 Å². The van der Waals surface area contributed by atoms with Gasteiger partial charge in [-0.25, -0.2) is 4.39 Å².